The summed E-state index contributed by atoms with van der Waals surface area (Å²) >= 11 is 5.91. The standard InChI is InChI=1S/C25H30ClN5O/c1-31(2)24-21-5-3-4-6-22(21)29-25(30-24)28-20-13-9-18(10-14-20)16-27-23(32)15-17-7-11-19(26)12-8-17/h3-8,11-12,18,20H,9-10,13-16H2,1-2H3,(H,27,32)(H,28,29,30). The number of hydrogen-bond acceptors (Lipinski definition) is 5. The summed E-state index contributed by atoms with van der Waals surface area (Å²) in [4.78, 5) is 23.8. The van der Waals surface area contributed by atoms with E-state index in [0.29, 0.717) is 29.4 Å². The molecule has 1 aromatic heterocycles. The summed E-state index contributed by atoms with van der Waals surface area (Å²) in [6, 6.07) is 15.9. The third-order valence-electron chi connectivity index (χ3n) is 6.05. The number of aromatic nitrogens is 2. The monoisotopic (exact) mass is 451 g/mol. The highest BCUT2D eigenvalue weighted by atomic mass is 35.5. The fourth-order valence-electron chi connectivity index (χ4n) is 4.27. The zero-order valence-electron chi connectivity index (χ0n) is 18.6. The van der Waals surface area contributed by atoms with Crippen LogP contribution in [0.4, 0.5) is 11.8 Å². The van der Waals surface area contributed by atoms with Gasteiger partial charge < -0.3 is 15.5 Å². The van der Waals surface area contributed by atoms with Crippen LogP contribution in [0, 0.1) is 5.92 Å². The number of carbonyl (C=O) groups excluding carboxylic acids is 1. The van der Waals surface area contributed by atoms with E-state index in [1.165, 1.54) is 0 Å². The Morgan fingerprint density at radius 3 is 2.47 bits per heavy atom. The predicted octanol–water partition coefficient (Wildman–Crippen LogP) is 4.68. The molecule has 1 saturated carbocycles. The molecule has 0 aliphatic heterocycles. The van der Waals surface area contributed by atoms with E-state index in [4.69, 9.17) is 21.6 Å². The zero-order chi connectivity index (χ0) is 22.5. The molecule has 1 aliphatic carbocycles. The van der Waals surface area contributed by atoms with Gasteiger partial charge in [0.1, 0.15) is 5.82 Å². The molecule has 1 aliphatic rings. The number of halogens is 1. The highest BCUT2D eigenvalue weighted by Gasteiger charge is 2.22. The van der Waals surface area contributed by atoms with Crippen LogP contribution in [0.15, 0.2) is 48.5 Å². The Balaban J connectivity index is 1.27. The number of rotatable bonds is 7. The number of carbonyl (C=O) groups is 1. The molecule has 3 aromatic rings. The SMILES string of the molecule is CN(C)c1nc(NC2CCC(CNC(=O)Cc3ccc(Cl)cc3)CC2)nc2ccccc12. The van der Waals surface area contributed by atoms with E-state index in [0.717, 1.165) is 54.5 Å². The molecule has 2 N–H and O–H groups in total. The maximum atomic E-state index is 12.3. The van der Waals surface area contributed by atoms with E-state index in [-0.39, 0.29) is 5.91 Å². The Labute approximate surface area is 194 Å². The highest BCUT2D eigenvalue weighted by Crippen LogP contribution is 2.28. The summed E-state index contributed by atoms with van der Waals surface area (Å²) in [6.07, 6.45) is 4.64. The van der Waals surface area contributed by atoms with Crippen molar-refractivity contribution in [3.63, 3.8) is 0 Å². The number of nitrogens with zero attached hydrogens (tertiary/aromatic N) is 3. The van der Waals surface area contributed by atoms with Crippen LogP contribution in [0.1, 0.15) is 31.2 Å². The normalized spacial score (nSPS) is 18.3. The van der Waals surface area contributed by atoms with Crippen molar-refractivity contribution in [2.24, 2.45) is 5.92 Å². The van der Waals surface area contributed by atoms with Crippen molar-refractivity contribution in [3.05, 3.63) is 59.1 Å². The lowest BCUT2D eigenvalue weighted by molar-refractivity contribution is -0.120. The van der Waals surface area contributed by atoms with Crippen LogP contribution in [0.3, 0.4) is 0 Å². The molecule has 6 nitrogen and oxygen atoms in total. The van der Waals surface area contributed by atoms with Crippen molar-refractivity contribution >= 4 is 40.2 Å². The van der Waals surface area contributed by atoms with Crippen LogP contribution >= 0.6 is 11.6 Å². The topological polar surface area (TPSA) is 70.2 Å². The number of anilines is 2. The van der Waals surface area contributed by atoms with E-state index in [1.807, 2.05) is 61.5 Å². The van der Waals surface area contributed by atoms with E-state index in [1.54, 1.807) is 0 Å². The van der Waals surface area contributed by atoms with Crippen LogP contribution in [0.2, 0.25) is 5.02 Å². The molecule has 1 fully saturated rings. The van der Waals surface area contributed by atoms with Crippen molar-refractivity contribution in [2.75, 3.05) is 30.9 Å². The molecule has 32 heavy (non-hydrogen) atoms. The quantitative estimate of drug-likeness (QED) is 0.545. The number of para-hydroxylation sites is 1. The molecular formula is C25H30ClN5O. The molecule has 0 radical (unpaired) electrons. The van der Waals surface area contributed by atoms with Gasteiger partial charge in [-0.3, -0.25) is 4.79 Å². The van der Waals surface area contributed by atoms with Crippen molar-refractivity contribution in [2.45, 2.75) is 38.1 Å². The van der Waals surface area contributed by atoms with Gasteiger partial charge in [0, 0.05) is 37.1 Å². The number of hydrogen-bond donors (Lipinski definition) is 2. The van der Waals surface area contributed by atoms with Crippen LogP contribution in [-0.2, 0) is 11.2 Å². The Bertz CT molecular complexity index is 1060. The second kappa shape index (κ2) is 10.2. The largest absolute Gasteiger partial charge is 0.362 e. The maximum Gasteiger partial charge on any atom is 0.225 e. The summed E-state index contributed by atoms with van der Waals surface area (Å²) in [7, 11) is 4.01. The molecule has 1 heterocycles. The number of benzene rings is 2. The van der Waals surface area contributed by atoms with Crippen LogP contribution in [0.25, 0.3) is 10.9 Å². The van der Waals surface area contributed by atoms with Gasteiger partial charge in [-0.2, -0.15) is 4.98 Å². The second-order valence-corrected chi connectivity index (χ2v) is 9.19. The van der Waals surface area contributed by atoms with Gasteiger partial charge in [-0.1, -0.05) is 35.9 Å². The van der Waals surface area contributed by atoms with Crippen molar-refractivity contribution < 1.29 is 4.79 Å². The number of nitrogens with one attached hydrogen (secondary N) is 2. The summed E-state index contributed by atoms with van der Waals surface area (Å²) in [5.74, 6) is 2.19. The first-order valence-corrected chi connectivity index (χ1v) is 11.6. The van der Waals surface area contributed by atoms with Gasteiger partial charge in [0.15, 0.2) is 0 Å². The Kier molecular flexibility index (Phi) is 7.10. The summed E-state index contributed by atoms with van der Waals surface area (Å²) in [6.45, 7) is 0.733. The minimum atomic E-state index is 0.0633. The first-order chi connectivity index (χ1) is 15.5. The Morgan fingerprint density at radius 1 is 1.03 bits per heavy atom. The molecule has 1 amide bonds. The van der Waals surface area contributed by atoms with Gasteiger partial charge in [-0.25, -0.2) is 4.98 Å². The molecular weight excluding hydrogens is 422 g/mol. The lowest BCUT2D eigenvalue weighted by Crippen LogP contribution is -2.34. The fourth-order valence-corrected chi connectivity index (χ4v) is 4.39. The van der Waals surface area contributed by atoms with Gasteiger partial charge in [-0.05, 0) is 61.4 Å². The molecule has 0 unspecified atom stereocenters. The Hall–Kier alpha value is -2.86. The van der Waals surface area contributed by atoms with Crippen molar-refractivity contribution in [1.29, 1.82) is 0 Å². The minimum Gasteiger partial charge on any atom is -0.362 e. The Morgan fingerprint density at radius 2 is 1.75 bits per heavy atom. The zero-order valence-corrected chi connectivity index (χ0v) is 19.4. The minimum absolute atomic E-state index is 0.0633. The van der Waals surface area contributed by atoms with Gasteiger partial charge in [-0.15, -0.1) is 0 Å². The molecule has 2 aromatic carbocycles. The summed E-state index contributed by atoms with van der Waals surface area (Å²) in [5.41, 5.74) is 1.93. The first kappa shape index (κ1) is 22.3. The van der Waals surface area contributed by atoms with E-state index < -0.39 is 0 Å². The molecule has 0 bridgehead atoms. The molecule has 0 saturated heterocycles. The summed E-state index contributed by atoms with van der Waals surface area (Å²) < 4.78 is 0. The fraction of sp³-hybridized carbons (Fsp3) is 0.400. The van der Waals surface area contributed by atoms with Crippen LogP contribution in [0.5, 0.6) is 0 Å². The molecule has 4 rings (SSSR count). The smallest absolute Gasteiger partial charge is 0.225 e. The third kappa shape index (κ3) is 5.68. The van der Waals surface area contributed by atoms with Crippen LogP contribution in [-0.4, -0.2) is 42.6 Å². The van der Waals surface area contributed by atoms with Gasteiger partial charge in [0.05, 0.1) is 11.9 Å². The highest BCUT2D eigenvalue weighted by molar-refractivity contribution is 6.30. The molecule has 0 spiro atoms. The molecule has 168 valence electrons. The van der Waals surface area contributed by atoms with E-state index >= 15 is 0 Å². The first-order valence-electron chi connectivity index (χ1n) is 11.2. The van der Waals surface area contributed by atoms with Gasteiger partial charge >= 0.3 is 0 Å². The average molecular weight is 452 g/mol. The van der Waals surface area contributed by atoms with E-state index in [2.05, 4.69) is 16.7 Å². The number of amides is 1. The van der Waals surface area contributed by atoms with E-state index in [9.17, 15) is 4.79 Å². The average Bonchev–Trinajstić information content (AvgIpc) is 2.79. The van der Waals surface area contributed by atoms with Gasteiger partial charge in [0.25, 0.3) is 0 Å². The lowest BCUT2D eigenvalue weighted by atomic mass is 9.86. The van der Waals surface area contributed by atoms with Crippen molar-refractivity contribution in [1.82, 2.24) is 15.3 Å². The van der Waals surface area contributed by atoms with Crippen molar-refractivity contribution in [3.8, 4) is 0 Å². The van der Waals surface area contributed by atoms with Gasteiger partial charge in [0.2, 0.25) is 11.9 Å². The summed E-state index contributed by atoms with van der Waals surface area (Å²) in [5, 5.41) is 8.38. The number of fused-ring (bicyclic) bond motifs is 1. The third-order valence-corrected chi connectivity index (χ3v) is 6.30. The van der Waals surface area contributed by atoms with Crippen LogP contribution < -0.4 is 15.5 Å². The lowest BCUT2D eigenvalue weighted by Gasteiger charge is -2.29. The molecule has 7 heteroatoms. The second-order valence-electron chi connectivity index (χ2n) is 8.75. The molecule has 0 atom stereocenters. The maximum absolute atomic E-state index is 12.3. The predicted molar refractivity (Wildman–Crippen MR) is 131 cm³/mol.